The van der Waals surface area contributed by atoms with Crippen molar-refractivity contribution in [2.75, 3.05) is 79.9 Å². The number of hydrogen-bond acceptors (Lipinski definition) is 7. The van der Waals surface area contributed by atoms with Crippen LogP contribution >= 0.6 is 12.6 Å². The van der Waals surface area contributed by atoms with E-state index in [0.29, 0.717) is 37.7 Å². The van der Waals surface area contributed by atoms with Crippen LogP contribution in [0.5, 0.6) is 5.75 Å². The van der Waals surface area contributed by atoms with Crippen LogP contribution in [-0.2, 0) is 16.0 Å². The molecule has 0 aliphatic heterocycles. The van der Waals surface area contributed by atoms with Crippen LogP contribution in [0.3, 0.4) is 0 Å². The molecule has 0 aliphatic rings. The van der Waals surface area contributed by atoms with Crippen LogP contribution in [0.25, 0.3) is 0 Å². The number of amides is 2. The molecule has 2 amide bonds. The number of aryl methyl sites for hydroxylation is 1. The topological polar surface area (TPSA) is 74.3 Å². The molecule has 1 aromatic carbocycles. The van der Waals surface area contributed by atoms with Gasteiger partial charge >= 0.3 is 6.09 Å². The maximum Gasteiger partial charge on any atom is 0.415 e. The zero-order valence-electron chi connectivity index (χ0n) is 22.5. The monoisotopic (exact) mass is 510 g/mol. The zero-order chi connectivity index (χ0) is 26.2. The van der Waals surface area contributed by atoms with Gasteiger partial charge < -0.3 is 29.5 Å². The molecular weight excluding hydrogens is 464 g/mol. The van der Waals surface area contributed by atoms with Crippen LogP contribution in [0.2, 0.25) is 0 Å². The highest BCUT2D eigenvalue weighted by Gasteiger charge is 2.18. The Morgan fingerprint density at radius 3 is 2.20 bits per heavy atom. The number of rotatable bonds is 17. The van der Waals surface area contributed by atoms with Crippen molar-refractivity contribution in [3.05, 3.63) is 29.3 Å². The fourth-order valence-electron chi connectivity index (χ4n) is 3.56. The van der Waals surface area contributed by atoms with E-state index in [0.717, 1.165) is 43.5 Å². The summed E-state index contributed by atoms with van der Waals surface area (Å²) in [4.78, 5) is 30.8. The van der Waals surface area contributed by atoms with Crippen molar-refractivity contribution in [1.82, 2.24) is 20.0 Å². The number of carbonyl (C=O) groups excluding carboxylic acids is 2. The molecule has 9 heteroatoms. The van der Waals surface area contributed by atoms with Crippen LogP contribution in [0.4, 0.5) is 4.79 Å². The Morgan fingerprint density at radius 1 is 1.03 bits per heavy atom. The molecule has 0 saturated heterocycles. The second-order valence-corrected chi connectivity index (χ2v) is 9.83. The average Bonchev–Trinajstić information content (AvgIpc) is 2.81. The van der Waals surface area contributed by atoms with Gasteiger partial charge in [-0.25, -0.2) is 4.79 Å². The highest BCUT2D eigenvalue weighted by Crippen LogP contribution is 2.26. The fraction of sp³-hybridized carbons (Fsp3) is 0.692. The summed E-state index contributed by atoms with van der Waals surface area (Å²) in [5, 5.41) is 2.74. The number of nitrogens with one attached hydrogen (secondary N) is 1. The Kier molecular flexibility index (Phi) is 15.7. The summed E-state index contributed by atoms with van der Waals surface area (Å²) >= 11 is 4.08. The van der Waals surface area contributed by atoms with Gasteiger partial charge in [-0.2, -0.15) is 12.6 Å². The molecule has 1 N–H and O–H groups in total. The molecule has 0 aromatic heterocycles. The first-order chi connectivity index (χ1) is 16.7. The smallest absolute Gasteiger partial charge is 0.410 e. The summed E-state index contributed by atoms with van der Waals surface area (Å²) < 4.78 is 11.4. The summed E-state index contributed by atoms with van der Waals surface area (Å²) in [5.74, 6) is 1.17. The molecule has 0 bridgehead atoms. The molecule has 0 spiro atoms. The van der Waals surface area contributed by atoms with Crippen molar-refractivity contribution in [3.63, 3.8) is 0 Å². The van der Waals surface area contributed by atoms with Gasteiger partial charge in [-0.3, -0.25) is 4.79 Å². The molecule has 0 radical (unpaired) electrons. The van der Waals surface area contributed by atoms with E-state index in [1.165, 1.54) is 0 Å². The number of carbonyl (C=O) groups is 2. The van der Waals surface area contributed by atoms with E-state index in [1.54, 1.807) is 0 Å². The van der Waals surface area contributed by atoms with Crippen molar-refractivity contribution in [1.29, 1.82) is 0 Å². The first kappa shape index (κ1) is 31.2. The van der Waals surface area contributed by atoms with Gasteiger partial charge in [-0.1, -0.05) is 26.0 Å². The van der Waals surface area contributed by atoms with E-state index in [-0.39, 0.29) is 24.5 Å². The highest BCUT2D eigenvalue weighted by atomic mass is 32.1. The number of benzene rings is 1. The van der Waals surface area contributed by atoms with Crippen molar-refractivity contribution in [2.45, 2.75) is 39.0 Å². The Morgan fingerprint density at radius 2 is 1.66 bits per heavy atom. The minimum atomic E-state index is -0.298. The highest BCUT2D eigenvalue weighted by molar-refractivity contribution is 7.80. The molecule has 0 saturated carbocycles. The van der Waals surface area contributed by atoms with Crippen LogP contribution < -0.4 is 10.1 Å². The predicted octanol–water partition coefficient (Wildman–Crippen LogP) is 3.12. The van der Waals surface area contributed by atoms with Gasteiger partial charge in [0.15, 0.2) is 0 Å². The van der Waals surface area contributed by atoms with Crippen molar-refractivity contribution >= 4 is 24.6 Å². The van der Waals surface area contributed by atoms with Gasteiger partial charge in [0.2, 0.25) is 5.91 Å². The van der Waals surface area contributed by atoms with E-state index in [9.17, 15) is 9.59 Å². The predicted molar refractivity (Wildman–Crippen MR) is 146 cm³/mol. The van der Waals surface area contributed by atoms with Crippen molar-refractivity contribution < 1.29 is 19.1 Å². The summed E-state index contributed by atoms with van der Waals surface area (Å²) in [7, 11) is 8.14. The lowest BCUT2D eigenvalue weighted by atomic mass is 9.98. The second-order valence-electron chi connectivity index (χ2n) is 9.38. The maximum atomic E-state index is 13.0. The van der Waals surface area contributed by atoms with Crippen LogP contribution in [-0.4, -0.2) is 107 Å². The van der Waals surface area contributed by atoms with Crippen LogP contribution in [0.1, 0.15) is 43.7 Å². The molecule has 1 aromatic rings. The largest absolute Gasteiger partial charge is 0.415 e. The number of hydrogen-bond donors (Lipinski definition) is 2. The SMILES string of the molecule is CCc1cc(C(C)COCC(=O)NCCS)ccc1OC(=O)N(CCCN(C)C)CCCN(C)C. The quantitative estimate of drug-likeness (QED) is 0.314. The molecule has 8 nitrogen and oxygen atoms in total. The average molecular weight is 511 g/mol. The van der Waals surface area contributed by atoms with E-state index in [1.807, 2.05) is 45.2 Å². The first-order valence-corrected chi connectivity index (χ1v) is 13.1. The van der Waals surface area contributed by atoms with E-state index in [4.69, 9.17) is 9.47 Å². The van der Waals surface area contributed by atoms with E-state index < -0.39 is 0 Å². The van der Waals surface area contributed by atoms with Gasteiger partial charge in [0.25, 0.3) is 0 Å². The van der Waals surface area contributed by atoms with Gasteiger partial charge in [-0.05, 0) is 77.7 Å². The van der Waals surface area contributed by atoms with Crippen LogP contribution in [0.15, 0.2) is 18.2 Å². The lowest BCUT2D eigenvalue weighted by Gasteiger charge is -2.24. The third-order valence-electron chi connectivity index (χ3n) is 5.59. The first-order valence-electron chi connectivity index (χ1n) is 12.5. The van der Waals surface area contributed by atoms with Crippen LogP contribution in [0, 0.1) is 0 Å². The lowest BCUT2D eigenvalue weighted by molar-refractivity contribution is -0.125. The number of ether oxygens (including phenoxy) is 2. The van der Waals surface area contributed by atoms with Gasteiger partial charge in [0, 0.05) is 31.3 Å². The van der Waals surface area contributed by atoms with Gasteiger partial charge in [-0.15, -0.1) is 0 Å². The number of nitrogens with zero attached hydrogens (tertiary/aromatic N) is 3. The molecule has 1 rings (SSSR count). The molecule has 1 unspecified atom stereocenters. The second kappa shape index (κ2) is 17.6. The lowest BCUT2D eigenvalue weighted by Crippen LogP contribution is -2.37. The number of thiol groups is 1. The van der Waals surface area contributed by atoms with E-state index in [2.05, 4.69) is 47.7 Å². The summed E-state index contributed by atoms with van der Waals surface area (Å²) in [6.45, 7) is 8.28. The molecule has 0 aliphatic carbocycles. The minimum absolute atomic E-state index is 0.0337. The standard InChI is InChI=1S/C26H46N4O4S/c1-7-22-18-23(21(2)19-33-20-25(31)27-12-17-35)10-11-24(22)34-26(32)30(15-8-13-28(3)4)16-9-14-29(5)6/h10-11,18,21,35H,7-9,12-17,19-20H2,1-6H3,(H,27,31). The molecule has 1 atom stereocenters. The molecule has 0 heterocycles. The Balaban J connectivity index is 2.76. The summed E-state index contributed by atoms with van der Waals surface area (Å²) in [6.07, 6.45) is 2.24. The van der Waals surface area contributed by atoms with Gasteiger partial charge in [0.1, 0.15) is 12.4 Å². The Labute approximate surface area is 217 Å². The van der Waals surface area contributed by atoms with Crippen molar-refractivity contribution in [2.24, 2.45) is 0 Å². The van der Waals surface area contributed by atoms with Crippen molar-refractivity contribution in [3.8, 4) is 5.75 Å². The summed E-state index contributed by atoms with van der Waals surface area (Å²) in [6, 6.07) is 5.92. The molecule has 35 heavy (non-hydrogen) atoms. The zero-order valence-corrected chi connectivity index (χ0v) is 23.4. The third-order valence-corrected chi connectivity index (χ3v) is 5.82. The summed E-state index contributed by atoms with van der Waals surface area (Å²) in [5.41, 5.74) is 2.07. The Hall–Kier alpha value is -1.81. The molecule has 200 valence electrons. The molecular formula is C26H46N4O4S. The maximum absolute atomic E-state index is 13.0. The molecule has 0 fully saturated rings. The Bertz CT molecular complexity index is 747. The minimum Gasteiger partial charge on any atom is -0.410 e. The van der Waals surface area contributed by atoms with Gasteiger partial charge in [0.05, 0.1) is 6.61 Å². The third kappa shape index (κ3) is 13.2. The fourth-order valence-corrected chi connectivity index (χ4v) is 3.67. The van der Waals surface area contributed by atoms with E-state index >= 15 is 0 Å². The normalized spacial score (nSPS) is 12.1.